The predicted molar refractivity (Wildman–Crippen MR) is 141 cm³/mol. The lowest BCUT2D eigenvalue weighted by Gasteiger charge is -2.24. The highest BCUT2D eigenvalue weighted by Gasteiger charge is 2.30. The molecule has 0 aliphatic carbocycles. The number of pyridine rings is 1. The zero-order valence-electron chi connectivity index (χ0n) is 21.6. The Morgan fingerprint density at radius 1 is 1.05 bits per heavy atom. The number of methoxy groups -OCH3 is 2. The first kappa shape index (κ1) is 30.5. The van der Waals surface area contributed by atoms with Crippen LogP contribution in [-0.2, 0) is 9.53 Å². The van der Waals surface area contributed by atoms with Gasteiger partial charge in [-0.3, -0.25) is 14.2 Å². The van der Waals surface area contributed by atoms with Gasteiger partial charge >= 0.3 is 12.1 Å². The molecule has 9 nitrogen and oxygen atoms in total. The zero-order chi connectivity index (χ0) is 29.6. The number of benzene rings is 2. The third-order valence-corrected chi connectivity index (χ3v) is 6.12. The van der Waals surface area contributed by atoms with E-state index in [1.54, 1.807) is 6.92 Å². The van der Waals surface area contributed by atoms with Crippen LogP contribution in [0.1, 0.15) is 29.7 Å². The molecule has 1 aromatic heterocycles. The first-order chi connectivity index (χ1) is 18.8. The highest BCUT2D eigenvalue weighted by atomic mass is 35.5. The Balaban J connectivity index is 2.05. The maximum absolute atomic E-state index is 13.4. The second kappa shape index (κ2) is 12.9. The lowest BCUT2D eigenvalue weighted by Crippen LogP contribution is -2.35. The number of aromatic nitrogens is 1. The van der Waals surface area contributed by atoms with E-state index in [1.165, 1.54) is 62.9 Å². The monoisotopic (exact) mass is 582 g/mol. The zero-order valence-corrected chi connectivity index (χ0v) is 22.4. The lowest BCUT2D eigenvalue weighted by molar-refractivity contribution is -0.153. The standard InChI is InChI=1S/C27H26ClF3N2O7/c1-15(38-2)10-21(25(35)32-18-7-4-16(5-8-18)26(36)37)33-13-23(39-3)20(12-24(33)34)19-11-17(28)6-9-22(19)40-14-27(29,30)31/h4-9,11-13,15,21H,10,14H2,1-3H3,(H,32,35)(H,36,37). The van der Waals surface area contributed by atoms with Gasteiger partial charge in [-0.2, -0.15) is 13.2 Å². The molecule has 1 amide bonds. The summed E-state index contributed by atoms with van der Waals surface area (Å²) in [7, 11) is 2.74. The van der Waals surface area contributed by atoms with Gasteiger partial charge in [-0.1, -0.05) is 11.6 Å². The molecule has 0 bridgehead atoms. The normalized spacial score (nSPS) is 12.9. The summed E-state index contributed by atoms with van der Waals surface area (Å²) in [4.78, 5) is 37.8. The van der Waals surface area contributed by atoms with Gasteiger partial charge in [0.05, 0.1) is 25.0 Å². The Labute approximate surface area is 232 Å². The van der Waals surface area contributed by atoms with E-state index in [0.29, 0.717) is 5.69 Å². The number of ether oxygens (including phenoxy) is 3. The Morgan fingerprint density at radius 2 is 1.70 bits per heavy atom. The number of hydrogen-bond donors (Lipinski definition) is 2. The van der Waals surface area contributed by atoms with Crippen LogP contribution < -0.4 is 20.3 Å². The van der Waals surface area contributed by atoms with Crippen molar-refractivity contribution >= 4 is 29.2 Å². The first-order valence-electron chi connectivity index (χ1n) is 11.8. The summed E-state index contributed by atoms with van der Waals surface area (Å²) in [5.74, 6) is -1.84. The topological polar surface area (TPSA) is 116 Å². The first-order valence-corrected chi connectivity index (χ1v) is 12.2. The molecule has 1 heterocycles. The fourth-order valence-corrected chi connectivity index (χ4v) is 3.99. The molecule has 3 aromatic rings. The Morgan fingerprint density at radius 3 is 2.27 bits per heavy atom. The molecule has 2 aromatic carbocycles. The van der Waals surface area contributed by atoms with Crippen molar-refractivity contribution in [1.82, 2.24) is 4.57 Å². The number of nitrogens with one attached hydrogen (secondary N) is 1. The van der Waals surface area contributed by atoms with Crippen molar-refractivity contribution in [3.8, 4) is 22.6 Å². The van der Waals surface area contributed by atoms with Gasteiger partial charge in [-0.25, -0.2) is 4.79 Å². The van der Waals surface area contributed by atoms with Crippen molar-refractivity contribution < 1.29 is 42.1 Å². The second-order valence-corrected chi connectivity index (χ2v) is 9.15. The predicted octanol–water partition coefficient (Wildman–Crippen LogP) is 5.42. The summed E-state index contributed by atoms with van der Waals surface area (Å²) in [6.07, 6.45) is -3.73. The molecule has 40 heavy (non-hydrogen) atoms. The summed E-state index contributed by atoms with van der Waals surface area (Å²) in [6, 6.07) is 9.40. The van der Waals surface area contributed by atoms with Crippen LogP contribution in [0, 0.1) is 0 Å². The number of halogens is 4. The lowest BCUT2D eigenvalue weighted by atomic mass is 10.0. The van der Waals surface area contributed by atoms with Crippen molar-refractivity contribution in [2.45, 2.75) is 31.7 Å². The van der Waals surface area contributed by atoms with Crippen LogP contribution in [0.4, 0.5) is 18.9 Å². The number of nitrogens with zero attached hydrogens (tertiary/aromatic N) is 1. The molecule has 0 spiro atoms. The number of carbonyl (C=O) groups excluding carboxylic acids is 1. The minimum atomic E-state index is -4.60. The minimum absolute atomic E-state index is 0.0266. The molecule has 0 aliphatic rings. The number of rotatable bonds is 11. The number of alkyl halides is 3. The summed E-state index contributed by atoms with van der Waals surface area (Å²) < 4.78 is 55.3. The number of carboxylic acids is 1. The van der Waals surface area contributed by atoms with Gasteiger partial charge in [-0.15, -0.1) is 0 Å². The van der Waals surface area contributed by atoms with Crippen LogP contribution in [0.2, 0.25) is 5.02 Å². The van der Waals surface area contributed by atoms with Crippen LogP contribution in [-0.4, -0.2) is 54.7 Å². The van der Waals surface area contributed by atoms with Crippen LogP contribution in [0.3, 0.4) is 0 Å². The second-order valence-electron chi connectivity index (χ2n) is 8.71. The van der Waals surface area contributed by atoms with E-state index < -0.39 is 42.4 Å². The molecule has 0 fully saturated rings. The van der Waals surface area contributed by atoms with Gasteiger partial charge in [0.25, 0.3) is 5.56 Å². The maximum Gasteiger partial charge on any atom is 0.422 e. The molecule has 0 radical (unpaired) electrons. The summed E-state index contributed by atoms with van der Waals surface area (Å²) >= 11 is 6.09. The summed E-state index contributed by atoms with van der Waals surface area (Å²) in [6.45, 7) is 0.139. The van der Waals surface area contributed by atoms with E-state index >= 15 is 0 Å². The van der Waals surface area contributed by atoms with Gasteiger partial charge in [0.2, 0.25) is 5.91 Å². The van der Waals surface area contributed by atoms with Crippen LogP contribution in [0.15, 0.2) is 59.5 Å². The average Bonchev–Trinajstić information content (AvgIpc) is 2.90. The quantitative estimate of drug-likeness (QED) is 0.310. The smallest absolute Gasteiger partial charge is 0.422 e. The Bertz CT molecular complexity index is 1430. The molecule has 13 heteroatoms. The minimum Gasteiger partial charge on any atom is -0.495 e. The molecule has 2 N–H and O–H groups in total. The van der Waals surface area contributed by atoms with E-state index in [-0.39, 0.29) is 39.6 Å². The van der Waals surface area contributed by atoms with Crippen molar-refractivity contribution in [3.05, 3.63) is 75.7 Å². The van der Waals surface area contributed by atoms with Crippen molar-refractivity contribution in [3.63, 3.8) is 0 Å². The number of carbonyl (C=O) groups is 2. The number of aromatic carboxylic acids is 1. The highest BCUT2D eigenvalue weighted by Crippen LogP contribution is 2.38. The van der Waals surface area contributed by atoms with E-state index in [9.17, 15) is 27.6 Å². The number of anilines is 1. The number of amides is 1. The van der Waals surface area contributed by atoms with Gasteiger partial charge in [0.15, 0.2) is 6.61 Å². The van der Waals surface area contributed by atoms with E-state index in [4.69, 9.17) is 30.9 Å². The molecule has 0 saturated carbocycles. The van der Waals surface area contributed by atoms with E-state index in [2.05, 4.69) is 5.32 Å². The van der Waals surface area contributed by atoms with E-state index in [1.807, 2.05) is 0 Å². The van der Waals surface area contributed by atoms with Crippen molar-refractivity contribution in [2.24, 2.45) is 0 Å². The molecule has 214 valence electrons. The Hall–Kier alpha value is -4.03. The van der Waals surface area contributed by atoms with Crippen LogP contribution >= 0.6 is 11.6 Å². The number of hydrogen-bond acceptors (Lipinski definition) is 6. The van der Waals surface area contributed by atoms with Gasteiger partial charge in [0.1, 0.15) is 17.5 Å². The van der Waals surface area contributed by atoms with Gasteiger partial charge in [-0.05, 0) is 49.4 Å². The third kappa shape index (κ3) is 7.76. The van der Waals surface area contributed by atoms with E-state index in [0.717, 1.165) is 10.6 Å². The Kier molecular flexibility index (Phi) is 9.83. The molecule has 0 saturated heterocycles. The van der Waals surface area contributed by atoms with Crippen molar-refractivity contribution in [1.29, 1.82) is 0 Å². The molecule has 2 unspecified atom stereocenters. The molecular formula is C27H26ClF3N2O7. The fourth-order valence-electron chi connectivity index (χ4n) is 3.82. The van der Waals surface area contributed by atoms with Gasteiger partial charge in [0, 0.05) is 41.4 Å². The van der Waals surface area contributed by atoms with Crippen molar-refractivity contribution in [2.75, 3.05) is 26.1 Å². The maximum atomic E-state index is 13.4. The van der Waals surface area contributed by atoms with Gasteiger partial charge < -0.3 is 24.6 Å². The molecule has 3 rings (SSSR count). The molecule has 0 aliphatic heterocycles. The highest BCUT2D eigenvalue weighted by molar-refractivity contribution is 6.31. The summed E-state index contributed by atoms with van der Waals surface area (Å²) in [5.41, 5.74) is -0.151. The van der Waals surface area contributed by atoms with Crippen LogP contribution in [0.5, 0.6) is 11.5 Å². The summed E-state index contributed by atoms with van der Waals surface area (Å²) in [5, 5.41) is 11.9. The SMILES string of the molecule is COc1cn(C(CC(C)OC)C(=O)Nc2ccc(C(=O)O)cc2)c(=O)cc1-c1cc(Cl)ccc1OCC(F)(F)F. The largest absolute Gasteiger partial charge is 0.495 e. The number of carboxylic acid groups (broad SMARTS) is 1. The molecular weight excluding hydrogens is 557 g/mol. The molecule has 2 atom stereocenters. The average molecular weight is 583 g/mol. The third-order valence-electron chi connectivity index (χ3n) is 5.88. The fraction of sp³-hybridized carbons (Fsp3) is 0.296. The van der Waals surface area contributed by atoms with Crippen LogP contribution in [0.25, 0.3) is 11.1 Å².